The largest absolute Gasteiger partial charge is 0.0883 e. The Morgan fingerprint density at radius 3 is 2.20 bits per heavy atom. The van der Waals surface area contributed by atoms with Crippen LogP contribution in [0.4, 0.5) is 0 Å². The highest BCUT2D eigenvalue weighted by molar-refractivity contribution is 4.87. The number of rotatable bonds is 10. The summed E-state index contributed by atoms with van der Waals surface area (Å²) in [7, 11) is 0. The van der Waals surface area contributed by atoms with Gasteiger partial charge in [-0.05, 0) is 31.6 Å². The molecule has 0 heterocycles. The Labute approximate surface area is 97.2 Å². The fourth-order valence-electron chi connectivity index (χ4n) is 1.88. The molecule has 0 amide bonds. The molecule has 0 rings (SSSR count). The Balaban J connectivity index is 3.44. The van der Waals surface area contributed by atoms with Gasteiger partial charge in [0.2, 0.25) is 0 Å². The Hall–Kier alpha value is -0.260. The van der Waals surface area contributed by atoms with Gasteiger partial charge in [0, 0.05) is 0 Å². The summed E-state index contributed by atoms with van der Waals surface area (Å²) in [5.41, 5.74) is 0. The molecule has 0 saturated carbocycles. The first-order valence-electron chi connectivity index (χ1n) is 7.01. The molecule has 0 aliphatic carbocycles. The molecule has 0 aliphatic rings. The molecule has 0 bridgehead atoms. The predicted octanol–water partition coefficient (Wildman–Crippen LogP) is 5.73. The average molecular weight is 210 g/mol. The Kier molecular flexibility index (Phi) is 11.6. The first-order valence-corrected chi connectivity index (χ1v) is 7.01. The molecule has 1 atom stereocenters. The summed E-state index contributed by atoms with van der Waals surface area (Å²) in [6, 6.07) is 0. The van der Waals surface area contributed by atoms with Gasteiger partial charge < -0.3 is 0 Å². The van der Waals surface area contributed by atoms with Gasteiger partial charge in [-0.15, -0.1) is 0 Å². The van der Waals surface area contributed by atoms with E-state index in [-0.39, 0.29) is 0 Å². The van der Waals surface area contributed by atoms with Crippen molar-refractivity contribution >= 4 is 0 Å². The van der Waals surface area contributed by atoms with Crippen LogP contribution in [0.15, 0.2) is 12.2 Å². The average Bonchev–Trinajstić information content (AvgIpc) is 2.27. The fourth-order valence-corrected chi connectivity index (χ4v) is 1.88. The Morgan fingerprint density at radius 2 is 1.60 bits per heavy atom. The molecule has 0 aromatic carbocycles. The van der Waals surface area contributed by atoms with Crippen molar-refractivity contribution < 1.29 is 0 Å². The van der Waals surface area contributed by atoms with Gasteiger partial charge in [-0.2, -0.15) is 0 Å². The van der Waals surface area contributed by atoms with Crippen molar-refractivity contribution in [2.24, 2.45) is 5.92 Å². The zero-order valence-electron chi connectivity index (χ0n) is 11.1. The van der Waals surface area contributed by atoms with Crippen LogP contribution in [0.5, 0.6) is 0 Å². The van der Waals surface area contributed by atoms with E-state index in [0.717, 1.165) is 5.92 Å². The molecule has 0 radical (unpaired) electrons. The lowest BCUT2D eigenvalue weighted by atomic mass is 9.98. The SMILES string of the molecule is CCCCCCC=CC(CC)CCCC. The number of hydrogen-bond donors (Lipinski definition) is 0. The van der Waals surface area contributed by atoms with E-state index in [4.69, 9.17) is 0 Å². The maximum absolute atomic E-state index is 2.46. The van der Waals surface area contributed by atoms with Gasteiger partial charge >= 0.3 is 0 Å². The van der Waals surface area contributed by atoms with E-state index in [1.165, 1.54) is 57.8 Å². The van der Waals surface area contributed by atoms with Gasteiger partial charge in [0.05, 0.1) is 0 Å². The third-order valence-corrected chi connectivity index (χ3v) is 3.09. The lowest BCUT2D eigenvalue weighted by Crippen LogP contribution is -1.93. The van der Waals surface area contributed by atoms with E-state index in [2.05, 4.69) is 32.9 Å². The van der Waals surface area contributed by atoms with E-state index >= 15 is 0 Å². The van der Waals surface area contributed by atoms with Crippen LogP contribution in [0.25, 0.3) is 0 Å². The summed E-state index contributed by atoms with van der Waals surface area (Å²) in [4.78, 5) is 0. The van der Waals surface area contributed by atoms with Gasteiger partial charge in [-0.1, -0.05) is 65.0 Å². The minimum atomic E-state index is 0.844. The summed E-state index contributed by atoms with van der Waals surface area (Å²) >= 11 is 0. The maximum atomic E-state index is 2.46. The van der Waals surface area contributed by atoms with Crippen LogP contribution in [0.1, 0.15) is 78.6 Å². The number of hydrogen-bond acceptors (Lipinski definition) is 0. The van der Waals surface area contributed by atoms with Gasteiger partial charge in [0.25, 0.3) is 0 Å². The molecular weight excluding hydrogens is 180 g/mol. The van der Waals surface area contributed by atoms with Crippen molar-refractivity contribution in [3.8, 4) is 0 Å². The molecule has 0 spiro atoms. The summed E-state index contributed by atoms with van der Waals surface area (Å²) in [5, 5.41) is 0. The van der Waals surface area contributed by atoms with Crippen molar-refractivity contribution in [3.63, 3.8) is 0 Å². The molecule has 0 fully saturated rings. The molecule has 0 nitrogen and oxygen atoms in total. The van der Waals surface area contributed by atoms with E-state index in [0.29, 0.717) is 0 Å². The Bertz CT molecular complexity index is 135. The molecule has 1 unspecified atom stereocenters. The van der Waals surface area contributed by atoms with Crippen molar-refractivity contribution in [1.29, 1.82) is 0 Å². The monoisotopic (exact) mass is 210 g/mol. The second kappa shape index (κ2) is 11.8. The zero-order valence-corrected chi connectivity index (χ0v) is 11.1. The lowest BCUT2D eigenvalue weighted by molar-refractivity contribution is 0.538. The van der Waals surface area contributed by atoms with Crippen LogP contribution >= 0.6 is 0 Å². The molecule has 90 valence electrons. The molecule has 0 heteroatoms. The predicted molar refractivity (Wildman–Crippen MR) is 71.2 cm³/mol. The first kappa shape index (κ1) is 14.7. The minimum absolute atomic E-state index is 0.844. The molecule has 0 N–H and O–H groups in total. The quantitative estimate of drug-likeness (QED) is 0.319. The fraction of sp³-hybridized carbons (Fsp3) is 0.867. The van der Waals surface area contributed by atoms with Crippen LogP contribution in [0, 0.1) is 5.92 Å². The van der Waals surface area contributed by atoms with Gasteiger partial charge in [0.15, 0.2) is 0 Å². The number of allylic oxidation sites excluding steroid dienone is 2. The smallest absolute Gasteiger partial charge is 0.0236 e. The van der Waals surface area contributed by atoms with Gasteiger partial charge in [-0.25, -0.2) is 0 Å². The summed E-state index contributed by atoms with van der Waals surface area (Å²) in [5.74, 6) is 0.844. The first-order chi connectivity index (χ1) is 7.35. The van der Waals surface area contributed by atoms with Gasteiger partial charge in [0.1, 0.15) is 0 Å². The van der Waals surface area contributed by atoms with E-state index < -0.39 is 0 Å². The Morgan fingerprint density at radius 1 is 0.867 bits per heavy atom. The molecular formula is C15H30. The van der Waals surface area contributed by atoms with Gasteiger partial charge in [-0.3, -0.25) is 0 Å². The summed E-state index contributed by atoms with van der Waals surface area (Å²) in [6.45, 7) is 6.86. The highest BCUT2D eigenvalue weighted by Gasteiger charge is 1.99. The number of unbranched alkanes of at least 4 members (excludes halogenated alkanes) is 5. The van der Waals surface area contributed by atoms with Crippen molar-refractivity contribution in [3.05, 3.63) is 12.2 Å². The normalized spacial score (nSPS) is 13.5. The van der Waals surface area contributed by atoms with Crippen LogP contribution in [-0.2, 0) is 0 Å². The second-order valence-electron chi connectivity index (χ2n) is 4.59. The highest BCUT2D eigenvalue weighted by atomic mass is 14.0. The van der Waals surface area contributed by atoms with Crippen molar-refractivity contribution in [2.75, 3.05) is 0 Å². The standard InChI is InChI=1S/C15H30/c1-4-7-9-10-11-12-14-15(6-3)13-8-5-2/h12,14-15H,4-11,13H2,1-3H3. The summed E-state index contributed by atoms with van der Waals surface area (Å²) < 4.78 is 0. The molecule has 0 aromatic heterocycles. The second-order valence-corrected chi connectivity index (χ2v) is 4.59. The third-order valence-electron chi connectivity index (χ3n) is 3.09. The highest BCUT2D eigenvalue weighted by Crippen LogP contribution is 2.14. The topological polar surface area (TPSA) is 0 Å². The minimum Gasteiger partial charge on any atom is -0.0883 e. The summed E-state index contributed by atoms with van der Waals surface area (Å²) in [6.07, 6.45) is 17.1. The van der Waals surface area contributed by atoms with Crippen molar-refractivity contribution in [2.45, 2.75) is 78.6 Å². The third kappa shape index (κ3) is 10.0. The van der Waals surface area contributed by atoms with Crippen LogP contribution in [-0.4, -0.2) is 0 Å². The van der Waals surface area contributed by atoms with E-state index in [1.807, 2.05) is 0 Å². The maximum Gasteiger partial charge on any atom is -0.0236 e. The molecule has 0 aliphatic heterocycles. The van der Waals surface area contributed by atoms with Crippen LogP contribution < -0.4 is 0 Å². The van der Waals surface area contributed by atoms with Crippen LogP contribution in [0.2, 0.25) is 0 Å². The lowest BCUT2D eigenvalue weighted by Gasteiger charge is -2.08. The molecule has 0 saturated heterocycles. The zero-order chi connectivity index (χ0) is 11.4. The van der Waals surface area contributed by atoms with Crippen molar-refractivity contribution in [1.82, 2.24) is 0 Å². The van der Waals surface area contributed by atoms with E-state index in [9.17, 15) is 0 Å². The van der Waals surface area contributed by atoms with Crippen LogP contribution in [0.3, 0.4) is 0 Å². The van der Waals surface area contributed by atoms with E-state index in [1.54, 1.807) is 0 Å². The molecule has 15 heavy (non-hydrogen) atoms. The molecule has 0 aromatic rings.